The normalized spacial score (nSPS) is 14.2. The second kappa shape index (κ2) is 7.67. The number of hydrogen-bond acceptors (Lipinski definition) is 5. The number of alkyl halides is 3. The summed E-state index contributed by atoms with van der Waals surface area (Å²) in [6.45, 7) is -0.0330. The molecule has 1 aliphatic rings. The van der Waals surface area contributed by atoms with Gasteiger partial charge in [0.2, 0.25) is 0 Å². The molecule has 0 radical (unpaired) electrons. The Hall–Kier alpha value is -3.43. The lowest BCUT2D eigenvalue weighted by atomic mass is 10.1. The number of halogens is 3. The molecule has 2 aromatic rings. The molecule has 0 aliphatic carbocycles. The minimum absolute atomic E-state index is 0.0165. The second-order valence-corrected chi connectivity index (χ2v) is 5.98. The Balaban J connectivity index is 1.72. The van der Waals surface area contributed by atoms with E-state index in [0.29, 0.717) is 0 Å². The van der Waals surface area contributed by atoms with Crippen LogP contribution in [-0.2, 0) is 6.18 Å². The van der Waals surface area contributed by atoms with Crippen LogP contribution in [0.25, 0.3) is 0 Å². The number of anilines is 1. The standard InChI is InChI=1S/C18H15F3N2O5/c19-18(20,21)11-6-12(22-16(24)28-13-4-2-1-3-5-13)8-14(7-11)27-15-9-23(10-15)17(25)26/h1-8,15H,9-10H2,(H,22,24)(H,25,26)/p-1. The molecule has 7 nitrogen and oxygen atoms in total. The van der Waals surface area contributed by atoms with E-state index in [4.69, 9.17) is 9.47 Å². The highest BCUT2D eigenvalue weighted by atomic mass is 19.4. The van der Waals surface area contributed by atoms with Crippen molar-refractivity contribution in [2.24, 2.45) is 0 Å². The first kappa shape index (κ1) is 19.3. The van der Waals surface area contributed by atoms with Crippen molar-refractivity contribution in [3.05, 3.63) is 54.1 Å². The van der Waals surface area contributed by atoms with Gasteiger partial charge in [0.25, 0.3) is 0 Å². The zero-order chi connectivity index (χ0) is 20.3. The minimum Gasteiger partial charge on any atom is -0.530 e. The lowest BCUT2D eigenvalue weighted by Gasteiger charge is -2.40. The van der Waals surface area contributed by atoms with Crippen LogP contribution in [0.5, 0.6) is 11.5 Å². The molecule has 0 unspecified atom stereocenters. The molecule has 3 rings (SSSR count). The maximum atomic E-state index is 13.1. The average molecular weight is 395 g/mol. The first-order valence-electron chi connectivity index (χ1n) is 8.09. The SMILES string of the molecule is O=C(Nc1cc(OC2CN(C(=O)[O-])C2)cc(C(F)(F)F)c1)Oc1ccccc1. The number of ether oxygens (including phenoxy) is 2. The third-order valence-corrected chi connectivity index (χ3v) is 3.84. The van der Waals surface area contributed by atoms with Crippen molar-refractivity contribution < 1.29 is 37.3 Å². The minimum atomic E-state index is -4.67. The number of amides is 2. The third-order valence-electron chi connectivity index (χ3n) is 3.84. The molecular weight excluding hydrogens is 381 g/mol. The fraction of sp³-hybridized carbons (Fsp3) is 0.222. The summed E-state index contributed by atoms with van der Waals surface area (Å²) in [6, 6.07) is 10.7. The summed E-state index contributed by atoms with van der Waals surface area (Å²) in [5.74, 6) is 0.0631. The lowest BCUT2D eigenvalue weighted by molar-refractivity contribution is -0.272. The van der Waals surface area contributed by atoms with Gasteiger partial charge in [0.1, 0.15) is 23.7 Å². The van der Waals surface area contributed by atoms with Gasteiger partial charge >= 0.3 is 12.3 Å². The Labute approximate surface area is 157 Å². The summed E-state index contributed by atoms with van der Waals surface area (Å²) in [6.07, 6.45) is -7.63. The van der Waals surface area contributed by atoms with Gasteiger partial charge in [-0.15, -0.1) is 0 Å². The number of likely N-dealkylation sites (tertiary alicyclic amines) is 1. The number of carboxylic acid groups (broad SMARTS) is 1. The van der Waals surface area contributed by atoms with Crippen molar-refractivity contribution in [2.75, 3.05) is 18.4 Å². The predicted octanol–water partition coefficient (Wildman–Crippen LogP) is 2.72. The summed E-state index contributed by atoms with van der Waals surface area (Å²) in [5, 5.41) is 12.9. The molecule has 0 aromatic heterocycles. The molecule has 10 heteroatoms. The van der Waals surface area contributed by atoms with E-state index in [1.807, 2.05) is 0 Å². The largest absolute Gasteiger partial charge is 0.530 e. The molecule has 0 spiro atoms. The summed E-state index contributed by atoms with van der Waals surface area (Å²) in [5.41, 5.74) is -1.21. The van der Waals surface area contributed by atoms with Crippen LogP contribution in [0.2, 0.25) is 0 Å². The fourth-order valence-electron chi connectivity index (χ4n) is 2.50. The van der Waals surface area contributed by atoms with Crippen molar-refractivity contribution in [3.8, 4) is 11.5 Å². The number of carbonyl (C=O) groups excluding carboxylic acids is 2. The Kier molecular flexibility index (Phi) is 5.30. The highest BCUT2D eigenvalue weighted by Gasteiger charge is 2.33. The highest BCUT2D eigenvalue weighted by molar-refractivity contribution is 5.86. The van der Waals surface area contributed by atoms with Crippen molar-refractivity contribution in [1.29, 1.82) is 0 Å². The van der Waals surface area contributed by atoms with Crippen LogP contribution in [0.4, 0.5) is 28.4 Å². The first-order chi connectivity index (χ1) is 13.2. The van der Waals surface area contributed by atoms with Crippen LogP contribution in [0, 0.1) is 0 Å². The van der Waals surface area contributed by atoms with Crippen LogP contribution in [0.15, 0.2) is 48.5 Å². The third kappa shape index (κ3) is 4.84. The van der Waals surface area contributed by atoms with Crippen molar-refractivity contribution >= 4 is 17.9 Å². The van der Waals surface area contributed by atoms with Crippen LogP contribution in [-0.4, -0.2) is 36.3 Å². The number of para-hydroxylation sites is 1. The van der Waals surface area contributed by atoms with E-state index < -0.39 is 30.0 Å². The Morgan fingerprint density at radius 1 is 1.07 bits per heavy atom. The molecular formula is C18H14F3N2O5-. The molecule has 1 heterocycles. The molecule has 1 aliphatic heterocycles. The number of carbonyl (C=O) groups is 2. The average Bonchev–Trinajstić information content (AvgIpc) is 2.57. The van der Waals surface area contributed by atoms with Gasteiger partial charge in [0.15, 0.2) is 0 Å². The van der Waals surface area contributed by atoms with Crippen molar-refractivity contribution in [1.82, 2.24) is 4.90 Å². The number of nitrogens with one attached hydrogen (secondary N) is 1. The molecule has 2 aromatic carbocycles. The number of benzene rings is 2. The van der Waals surface area contributed by atoms with Gasteiger partial charge in [-0.05, 0) is 24.3 Å². The van der Waals surface area contributed by atoms with E-state index in [-0.39, 0.29) is 30.3 Å². The van der Waals surface area contributed by atoms with Crippen LogP contribution < -0.4 is 19.9 Å². The van der Waals surface area contributed by atoms with Crippen molar-refractivity contribution in [2.45, 2.75) is 12.3 Å². The smallest absolute Gasteiger partial charge is 0.417 e. The predicted molar refractivity (Wildman–Crippen MR) is 88.9 cm³/mol. The summed E-state index contributed by atoms with van der Waals surface area (Å²) >= 11 is 0. The Morgan fingerprint density at radius 2 is 1.75 bits per heavy atom. The molecule has 148 valence electrons. The van der Waals surface area contributed by atoms with Gasteiger partial charge in [-0.25, -0.2) is 4.79 Å². The van der Waals surface area contributed by atoms with Gasteiger partial charge in [-0.3, -0.25) is 5.32 Å². The first-order valence-corrected chi connectivity index (χ1v) is 8.09. The van der Waals surface area contributed by atoms with Gasteiger partial charge in [0, 0.05) is 11.8 Å². The van der Waals surface area contributed by atoms with E-state index in [0.717, 1.165) is 17.0 Å². The fourth-order valence-corrected chi connectivity index (χ4v) is 2.50. The van der Waals surface area contributed by atoms with Gasteiger partial charge < -0.3 is 24.3 Å². The molecule has 2 amide bonds. The van der Waals surface area contributed by atoms with E-state index in [1.54, 1.807) is 18.2 Å². The monoisotopic (exact) mass is 395 g/mol. The molecule has 0 bridgehead atoms. The number of hydrogen-bond donors (Lipinski definition) is 1. The lowest BCUT2D eigenvalue weighted by Crippen LogP contribution is -2.59. The molecule has 0 atom stereocenters. The topological polar surface area (TPSA) is 90.9 Å². The molecule has 0 saturated carbocycles. The van der Waals surface area contributed by atoms with Gasteiger partial charge in [-0.1, -0.05) is 18.2 Å². The van der Waals surface area contributed by atoms with E-state index in [2.05, 4.69) is 5.32 Å². The maximum absolute atomic E-state index is 13.1. The van der Waals surface area contributed by atoms with Crippen LogP contribution in [0.3, 0.4) is 0 Å². The summed E-state index contributed by atoms with van der Waals surface area (Å²) < 4.78 is 49.8. The molecule has 1 fully saturated rings. The molecule has 1 N–H and O–H groups in total. The van der Waals surface area contributed by atoms with Crippen LogP contribution >= 0.6 is 0 Å². The molecule has 1 saturated heterocycles. The number of rotatable bonds is 4. The maximum Gasteiger partial charge on any atom is 0.417 e. The van der Waals surface area contributed by atoms with E-state index >= 15 is 0 Å². The summed E-state index contributed by atoms with van der Waals surface area (Å²) in [7, 11) is 0. The van der Waals surface area contributed by atoms with Crippen LogP contribution in [0.1, 0.15) is 5.56 Å². The van der Waals surface area contributed by atoms with E-state index in [1.165, 1.54) is 18.2 Å². The van der Waals surface area contributed by atoms with Gasteiger partial charge in [-0.2, -0.15) is 13.2 Å². The highest BCUT2D eigenvalue weighted by Crippen LogP contribution is 2.35. The number of nitrogens with zero attached hydrogens (tertiary/aromatic N) is 1. The summed E-state index contributed by atoms with van der Waals surface area (Å²) in [4.78, 5) is 23.5. The molecule has 28 heavy (non-hydrogen) atoms. The zero-order valence-corrected chi connectivity index (χ0v) is 14.2. The second-order valence-electron chi connectivity index (χ2n) is 5.98. The Morgan fingerprint density at radius 3 is 2.36 bits per heavy atom. The zero-order valence-electron chi connectivity index (χ0n) is 14.2. The van der Waals surface area contributed by atoms with Crippen molar-refractivity contribution in [3.63, 3.8) is 0 Å². The van der Waals surface area contributed by atoms with E-state index in [9.17, 15) is 27.9 Å². The Bertz CT molecular complexity index is 867. The quantitative estimate of drug-likeness (QED) is 0.860. The van der Waals surface area contributed by atoms with Gasteiger partial charge in [0.05, 0.1) is 18.7 Å².